The smallest absolute Gasteiger partial charge is 0.339 e. The van der Waals surface area contributed by atoms with Crippen LogP contribution in [0.25, 0.3) is 0 Å². The number of carbonyl (C=O) groups is 1. The van der Waals surface area contributed by atoms with Crippen molar-refractivity contribution in [2.24, 2.45) is 0 Å². The van der Waals surface area contributed by atoms with Crippen LogP contribution in [0.3, 0.4) is 0 Å². The monoisotopic (exact) mass is 380 g/mol. The summed E-state index contributed by atoms with van der Waals surface area (Å²) < 4.78 is 28.3. The summed E-state index contributed by atoms with van der Waals surface area (Å²) in [5.74, 6) is 0.534. The van der Waals surface area contributed by atoms with E-state index in [1.54, 1.807) is 43.3 Å². The molecule has 0 aromatic heterocycles. The number of halogens is 1. The first-order chi connectivity index (χ1) is 12.1. The Labute approximate surface area is 153 Å². The second-order valence-electron chi connectivity index (χ2n) is 5.37. The van der Waals surface area contributed by atoms with Crippen molar-refractivity contribution in [3.8, 4) is 5.75 Å². The van der Waals surface area contributed by atoms with Gasteiger partial charge in [0.25, 0.3) is 0 Å². The van der Waals surface area contributed by atoms with E-state index in [9.17, 15) is 9.00 Å². The molecule has 0 radical (unpaired) electrons. The molecule has 0 saturated heterocycles. The Kier molecular flexibility index (Phi) is 5.73. The van der Waals surface area contributed by atoms with E-state index in [0.717, 1.165) is 5.56 Å². The molecule has 0 amide bonds. The van der Waals surface area contributed by atoms with Crippen LogP contribution in [-0.4, -0.2) is 22.7 Å². The molecule has 0 aliphatic carbocycles. The Morgan fingerprint density at radius 2 is 2.12 bits per heavy atom. The summed E-state index contributed by atoms with van der Waals surface area (Å²) in [4.78, 5) is 12.9. The van der Waals surface area contributed by atoms with Crippen molar-refractivity contribution in [2.75, 3.05) is 12.5 Å². The predicted octanol–water partition coefficient (Wildman–Crippen LogP) is 3.69. The molecule has 7 heteroatoms. The number of carbonyl (C=O) groups excluding carboxylic acids is 1. The number of rotatable bonds is 5. The molecule has 5 nitrogen and oxygen atoms in total. The van der Waals surface area contributed by atoms with E-state index in [1.807, 2.05) is 0 Å². The van der Waals surface area contributed by atoms with Crippen LogP contribution < -0.4 is 4.74 Å². The van der Waals surface area contributed by atoms with Crippen molar-refractivity contribution in [1.29, 1.82) is 0 Å². The summed E-state index contributed by atoms with van der Waals surface area (Å²) in [7, 11) is -1.24. The number of benzene rings is 2. The molecule has 1 aliphatic rings. The lowest BCUT2D eigenvalue weighted by atomic mass is 10.1. The molecule has 1 heterocycles. The van der Waals surface area contributed by atoms with E-state index in [1.165, 1.54) is 0 Å². The van der Waals surface area contributed by atoms with Gasteiger partial charge in [-0.15, -0.1) is 0 Å². The van der Waals surface area contributed by atoms with Gasteiger partial charge in [-0.25, -0.2) is 4.79 Å². The Balaban J connectivity index is 1.80. The van der Waals surface area contributed by atoms with E-state index in [4.69, 9.17) is 25.8 Å². The van der Waals surface area contributed by atoms with E-state index < -0.39 is 16.8 Å². The summed E-state index contributed by atoms with van der Waals surface area (Å²) in [6, 6.07) is 10.2. The van der Waals surface area contributed by atoms with Crippen LogP contribution >= 0.6 is 11.6 Å². The second-order valence-corrected chi connectivity index (χ2v) is 7.51. The van der Waals surface area contributed by atoms with Gasteiger partial charge in [0.15, 0.2) is 6.79 Å². The van der Waals surface area contributed by atoms with E-state index >= 15 is 0 Å². The van der Waals surface area contributed by atoms with E-state index in [-0.39, 0.29) is 13.4 Å². The van der Waals surface area contributed by atoms with Crippen molar-refractivity contribution in [1.82, 2.24) is 0 Å². The Morgan fingerprint density at radius 1 is 1.32 bits per heavy atom. The number of fused-ring (bicyclic) bond motifs is 1. The van der Waals surface area contributed by atoms with Crippen molar-refractivity contribution in [3.63, 3.8) is 0 Å². The molecule has 0 spiro atoms. The Hall–Kier alpha value is -1.89. The highest BCUT2D eigenvalue weighted by Gasteiger charge is 2.20. The van der Waals surface area contributed by atoms with Gasteiger partial charge in [0.1, 0.15) is 12.4 Å². The zero-order valence-electron chi connectivity index (χ0n) is 13.6. The maximum absolute atomic E-state index is 12.5. The fraction of sp³-hybridized carbons (Fsp3) is 0.278. The van der Waals surface area contributed by atoms with Gasteiger partial charge < -0.3 is 14.2 Å². The summed E-state index contributed by atoms with van der Waals surface area (Å²) in [5.41, 5.74) is 1.80. The third-order valence-corrected chi connectivity index (χ3v) is 5.31. The largest absolute Gasteiger partial charge is 0.467 e. The lowest BCUT2D eigenvalue weighted by Gasteiger charge is -2.21. The highest BCUT2D eigenvalue weighted by atomic mass is 35.5. The summed E-state index contributed by atoms with van der Waals surface area (Å²) in [6.45, 7) is 2.35. The molecular formula is C18H17ClO5S. The summed E-state index contributed by atoms with van der Waals surface area (Å²) >= 11 is 6.11. The maximum atomic E-state index is 12.5. The number of esters is 1. The minimum atomic E-state index is -1.24. The minimum absolute atomic E-state index is 0.00875. The molecule has 2 aromatic rings. The fourth-order valence-electron chi connectivity index (χ4n) is 2.57. The summed E-state index contributed by atoms with van der Waals surface area (Å²) in [5, 5.41) is 0.520. The average Bonchev–Trinajstić information content (AvgIpc) is 2.65. The van der Waals surface area contributed by atoms with Crippen LogP contribution in [0, 0.1) is 0 Å². The molecular weight excluding hydrogens is 364 g/mol. The third-order valence-electron chi connectivity index (χ3n) is 3.72. The second kappa shape index (κ2) is 7.99. The van der Waals surface area contributed by atoms with Crippen LogP contribution in [-0.2, 0) is 33.5 Å². The Bertz CT molecular complexity index is 821. The van der Waals surface area contributed by atoms with Crippen molar-refractivity contribution in [2.45, 2.75) is 25.0 Å². The van der Waals surface area contributed by atoms with Gasteiger partial charge >= 0.3 is 5.97 Å². The first-order valence-corrected chi connectivity index (χ1v) is 9.46. The SMILES string of the molecule is CC[S@](=O)c1ccccc1C(=O)OCc1cc(Cl)cc2c1OCOC2. The number of hydrogen-bond acceptors (Lipinski definition) is 5. The standard InChI is InChI=1S/C18H17ClO5S/c1-2-25(21)16-6-4-3-5-15(16)18(20)23-10-13-8-14(19)7-12-9-22-11-24-17(12)13/h3-8H,2,9-11H2,1H3/t25-/m0/s1. The lowest BCUT2D eigenvalue weighted by molar-refractivity contribution is -0.0180. The van der Waals surface area contributed by atoms with Gasteiger partial charge in [-0.05, 0) is 24.3 Å². The highest BCUT2D eigenvalue weighted by Crippen LogP contribution is 2.32. The quantitative estimate of drug-likeness (QED) is 0.740. The average molecular weight is 381 g/mol. The van der Waals surface area contributed by atoms with E-state index in [0.29, 0.717) is 39.2 Å². The topological polar surface area (TPSA) is 61.8 Å². The van der Waals surface area contributed by atoms with Gasteiger partial charge in [0.2, 0.25) is 0 Å². The summed E-state index contributed by atoms with van der Waals surface area (Å²) in [6.07, 6.45) is 0. The molecule has 1 atom stereocenters. The van der Waals surface area contributed by atoms with Crippen molar-refractivity contribution in [3.05, 3.63) is 58.1 Å². The molecule has 3 rings (SSSR count). The van der Waals surface area contributed by atoms with Gasteiger partial charge in [-0.3, -0.25) is 4.21 Å². The van der Waals surface area contributed by atoms with Crippen molar-refractivity contribution < 1.29 is 23.2 Å². The van der Waals surface area contributed by atoms with Gasteiger partial charge in [-0.1, -0.05) is 30.7 Å². The molecule has 0 saturated carbocycles. The van der Waals surface area contributed by atoms with Crippen LogP contribution in [0.4, 0.5) is 0 Å². The lowest BCUT2D eigenvalue weighted by Crippen LogP contribution is -2.15. The number of hydrogen-bond donors (Lipinski definition) is 0. The van der Waals surface area contributed by atoms with Gasteiger partial charge in [0, 0.05) is 21.9 Å². The molecule has 132 valence electrons. The fourth-order valence-corrected chi connectivity index (χ4v) is 3.78. The van der Waals surface area contributed by atoms with Crippen LogP contribution in [0.15, 0.2) is 41.3 Å². The van der Waals surface area contributed by atoms with Crippen LogP contribution in [0.5, 0.6) is 5.75 Å². The van der Waals surface area contributed by atoms with Crippen LogP contribution in [0.2, 0.25) is 5.02 Å². The predicted molar refractivity (Wildman–Crippen MR) is 94.2 cm³/mol. The Morgan fingerprint density at radius 3 is 2.92 bits per heavy atom. The zero-order chi connectivity index (χ0) is 17.8. The molecule has 0 N–H and O–H groups in total. The minimum Gasteiger partial charge on any atom is -0.467 e. The molecule has 0 fully saturated rings. The normalized spacial score (nSPS) is 14.3. The van der Waals surface area contributed by atoms with Crippen LogP contribution in [0.1, 0.15) is 28.4 Å². The zero-order valence-corrected chi connectivity index (χ0v) is 15.2. The van der Waals surface area contributed by atoms with Gasteiger partial charge in [-0.2, -0.15) is 0 Å². The molecule has 25 heavy (non-hydrogen) atoms. The molecule has 1 aliphatic heterocycles. The number of ether oxygens (including phenoxy) is 3. The highest BCUT2D eigenvalue weighted by molar-refractivity contribution is 7.85. The maximum Gasteiger partial charge on any atom is 0.339 e. The molecule has 2 aromatic carbocycles. The third kappa shape index (κ3) is 4.03. The van der Waals surface area contributed by atoms with E-state index in [2.05, 4.69) is 0 Å². The first kappa shape index (κ1) is 17.9. The first-order valence-electron chi connectivity index (χ1n) is 7.76. The molecule has 0 bridgehead atoms. The van der Waals surface area contributed by atoms with Crippen molar-refractivity contribution >= 4 is 28.4 Å². The molecule has 0 unspecified atom stereocenters. The van der Waals surface area contributed by atoms with Gasteiger partial charge in [0.05, 0.1) is 27.9 Å².